The highest BCUT2D eigenvalue weighted by atomic mass is 79.9. The molecule has 1 aromatic heterocycles. The van der Waals surface area contributed by atoms with Gasteiger partial charge in [0.2, 0.25) is 0 Å². The molecule has 1 amide bonds. The molecular formula is C11H9BrN2O. The Hall–Kier alpha value is -1.42. The maximum atomic E-state index is 11.2. The molecule has 1 heterocycles. The van der Waals surface area contributed by atoms with Crippen molar-refractivity contribution in [2.45, 2.75) is 6.92 Å². The highest BCUT2D eigenvalue weighted by Gasteiger charge is 2.10. The number of hydrogen-bond donors (Lipinski definition) is 1. The van der Waals surface area contributed by atoms with Crippen LogP contribution in [-0.4, -0.2) is 10.9 Å². The fourth-order valence-electron chi connectivity index (χ4n) is 1.52. The summed E-state index contributed by atoms with van der Waals surface area (Å²) in [4.78, 5) is 15.2. The zero-order valence-electron chi connectivity index (χ0n) is 8.12. The molecule has 0 fully saturated rings. The van der Waals surface area contributed by atoms with Crippen molar-refractivity contribution in [3.8, 4) is 0 Å². The van der Waals surface area contributed by atoms with Gasteiger partial charge in [0, 0.05) is 21.4 Å². The molecule has 4 heteroatoms. The molecule has 0 saturated carbocycles. The summed E-state index contributed by atoms with van der Waals surface area (Å²) >= 11 is 3.40. The number of pyridine rings is 1. The second kappa shape index (κ2) is 3.62. The summed E-state index contributed by atoms with van der Waals surface area (Å²) in [7, 11) is 0. The Labute approximate surface area is 95.4 Å². The van der Waals surface area contributed by atoms with Crippen LogP contribution in [0.1, 0.15) is 16.1 Å². The number of amides is 1. The number of rotatable bonds is 1. The Balaban J connectivity index is 2.88. The van der Waals surface area contributed by atoms with Gasteiger partial charge in [0.1, 0.15) is 5.69 Å². The second-order valence-electron chi connectivity index (χ2n) is 3.37. The minimum absolute atomic E-state index is 0.313. The average molecular weight is 265 g/mol. The van der Waals surface area contributed by atoms with Crippen LogP contribution < -0.4 is 5.73 Å². The molecule has 0 bridgehead atoms. The van der Waals surface area contributed by atoms with E-state index in [1.165, 1.54) is 0 Å². The third-order valence-corrected chi connectivity index (χ3v) is 2.86. The predicted octanol–water partition coefficient (Wildman–Crippen LogP) is 2.40. The number of carbonyl (C=O) groups is 1. The first kappa shape index (κ1) is 10.1. The molecule has 0 spiro atoms. The molecule has 2 aromatic rings. The first-order valence-electron chi connectivity index (χ1n) is 4.44. The Kier molecular flexibility index (Phi) is 2.44. The Morgan fingerprint density at radius 1 is 1.40 bits per heavy atom. The van der Waals surface area contributed by atoms with Crippen LogP contribution in [0.2, 0.25) is 0 Å². The summed E-state index contributed by atoms with van der Waals surface area (Å²) in [5.74, 6) is -0.503. The van der Waals surface area contributed by atoms with Gasteiger partial charge in [-0.05, 0) is 22.9 Å². The third-order valence-electron chi connectivity index (χ3n) is 2.23. The number of fused-ring (bicyclic) bond motifs is 1. The summed E-state index contributed by atoms with van der Waals surface area (Å²) in [6.45, 7) is 2.00. The van der Waals surface area contributed by atoms with E-state index in [9.17, 15) is 4.79 Å². The lowest BCUT2D eigenvalue weighted by molar-refractivity contribution is 0.0997. The minimum atomic E-state index is -0.503. The molecule has 0 saturated heterocycles. The van der Waals surface area contributed by atoms with Crippen LogP contribution in [0.5, 0.6) is 0 Å². The summed E-state index contributed by atoms with van der Waals surface area (Å²) in [5.41, 5.74) is 6.69. The van der Waals surface area contributed by atoms with Crippen LogP contribution in [0.3, 0.4) is 0 Å². The number of carbonyl (C=O) groups excluding carboxylic acids is 1. The summed E-state index contributed by atoms with van der Waals surface area (Å²) in [6, 6.07) is 5.79. The second-order valence-corrected chi connectivity index (χ2v) is 4.22. The Morgan fingerprint density at radius 3 is 2.80 bits per heavy atom. The summed E-state index contributed by atoms with van der Waals surface area (Å²) in [5, 5.41) is 1.74. The van der Waals surface area contributed by atoms with Crippen molar-refractivity contribution in [3.05, 3.63) is 40.1 Å². The highest BCUT2D eigenvalue weighted by molar-refractivity contribution is 9.10. The molecule has 0 unspecified atom stereocenters. The lowest BCUT2D eigenvalue weighted by Crippen LogP contribution is -2.13. The lowest BCUT2D eigenvalue weighted by Gasteiger charge is -2.05. The van der Waals surface area contributed by atoms with Crippen molar-refractivity contribution < 1.29 is 4.79 Å². The van der Waals surface area contributed by atoms with Gasteiger partial charge in [-0.25, -0.2) is 4.98 Å². The van der Waals surface area contributed by atoms with Gasteiger partial charge in [0.15, 0.2) is 0 Å². The largest absolute Gasteiger partial charge is 0.364 e. The van der Waals surface area contributed by atoms with Crippen LogP contribution in [0.4, 0.5) is 0 Å². The monoisotopic (exact) mass is 264 g/mol. The van der Waals surface area contributed by atoms with Gasteiger partial charge in [-0.15, -0.1) is 0 Å². The maximum Gasteiger partial charge on any atom is 0.267 e. The first-order valence-corrected chi connectivity index (χ1v) is 5.23. The normalized spacial score (nSPS) is 10.5. The van der Waals surface area contributed by atoms with Gasteiger partial charge in [-0.1, -0.05) is 23.8 Å². The van der Waals surface area contributed by atoms with Gasteiger partial charge < -0.3 is 5.73 Å². The van der Waals surface area contributed by atoms with Gasteiger partial charge in [0.25, 0.3) is 5.91 Å². The molecule has 0 aliphatic rings. The van der Waals surface area contributed by atoms with E-state index in [0.29, 0.717) is 5.69 Å². The maximum absolute atomic E-state index is 11.2. The SMILES string of the molecule is Cc1ccc2c(C(N)=O)ncc(Br)c2c1. The molecule has 2 rings (SSSR count). The third kappa shape index (κ3) is 1.72. The molecular weight excluding hydrogens is 256 g/mol. The van der Waals surface area contributed by atoms with E-state index in [-0.39, 0.29) is 0 Å². The Bertz CT molecular complexity index is 552. The minimum Gasteiger partial charge on any atom is -0.364 e. The van der Waals surface area contributed by atoms with Crippen molar-refractivity contribution in [3.63, 3.8) is 0 Å². The van der Waals surface area contributed by atoms with E-state index in [0.717, 1.165) is 20.8 Å². The number of primary amides is 1. The lowest BCUT2D eigenvalue weighted by atomic mass is 10.1. The van der Waals surface area contributed by atoms with Crippen molar-refractivity contribution >= 4 is 32.6 Å². The zero-order chi connectivity index (χ0) is 11.0. The topological polar surface area (TPSA) is 56.0 Å². The number of nitrogens with two attached hydrogens (primary N) is 1. The number of halogens is 1. The first-order chi connectivity index (χ1) is 7.09. The van der Waals surface area contributed by atoms with Crippen LogP contribution in [-0.2, 0) is 0 Å². The van der Waals surface area contributed by atoms with Crippen LogP contribution in [0.25, 0.3) is 10.8 Å². The van der Waals surface area contributed by atoms with Crippen molar-refractivity contribution in [2.75, 3.05) is 0 Å². The fraction of sp³-hybridized carbons (Fsp3) is 0.0909. The van der Waals surface area contributed by atoms with Gasteiger partial charge in [-0.2, -0.15) is 0 Å². The number of hydrogen-bond acceptors (Lipinski definition) is 2. The molecule has 15 heavy (non-hydrogen) atoms. The Morgan fingerprint density at radius 2 is 2.13 bits per heavy atom. The predicted molar refractivity (Wildman–Crippen MR) is 62.7 cm³/mol. The number of aryl methyl sites for hydroxylation is 1. The van der Waals surface area contributed by atoms with E-state index < -0.39 is 5.91 Å². The van der Waals surface area contributed by atoms with Gasteiger partial charge in [-0.3, -0.25) is 4.79 Å². The smallest absolute Gasteiger partial charge is 0.267 e. The molecule has 3 nitrogen and oxygen atoms in total. The van der Waals surface area contributed by atoms with Crippen molar-refractivity contribution in [1.29, 1.82) is 0 Å². The number of nitrogens with zero attached hydrogens (tertiary/aromatic N) is 1. The molecule has 2 N–H and O–H groups in total. The highest BCUT2D eigenvalue weighted by Crippen LogP contribution is 2.25. The summed E-state index contributed by atoms with van der Waals surface area (Å²) < 4.78 is 0.867. The standard InChI is InChI=1S/C11H9BrN2O/c1-6-2-3-7-8(4-6)9(12)5-14-10(7)11(13)15/h2-5H,1H3,(H2,13,15). The summed E-state index contributed by atoms with van der Waals surface area (Å²) in [6.07, 6.45) is 1.60. The van der Waals surface area contributed by atoms with E-state index >= 15 is 0 Å². The van der Waals surface area contributed by atoms with Gasteiger partial charge in [0.05, 0.1) is 0 Å². The quantitative estimate of drug-likeness (QED) is 0.860. The van der Waals surface area contributed by atoms with E-state index in [2.05, 4.69) is 20.9 Å². The fourth-order valence-corrected chi connectivity index (χ4v) is 1.95. The van der Waals surface area contributed by atoms with Crippen molar-refractivity contribution in [1.82, 2.24) is 4.98 Å². The van der Waals surface area contributed by atoms with Crippen molar-refractivity contribution in [2.24, 2.45) is 5.73 Å². The number of aromatic nitrogens is 1. The average Bonchev–Trinajstić information content (AvgIpc) is 2.19. The van der Waals surface area contributed by atoms with Gasteiger partial charge >= 0.3 is 0 Å². The molecule has 0 atom stereocenters. The molecule has 1 aromatic carbocycles. The molecule has 0 aliphatic heterocycles. The van der Waals surface area contributed by atoms with Crippen LogP contribution >= 0.6 is 15.9 Å². The van der Waals surface area contributed by atoms with E-state index in [1.807, 2.05) is 25.1 Å². The van der Waals surface area contributed by atoms with Crippen LogP contribution in [0.15, 0.2) is 28.9 Å². The number of benzene rings is 1. The zero-order valence-corrected chi connectivity index (χ0v) is 9.71. The molecule has 0 aliphatic carbocycles. The molecule has 76 valence electrons. The van der Waals surface area contributed by atoms with E-state index in [1.54, 1.807) is 6.20 Å². The molecule has 0 radical (unpaired) electrons. The van der Waals surface area contributed by atoms with E-state index in [4.69, 9.17) is 5.73 Å². The van der Waals surface area contributed by atoms with Crippen LogP contribution in [0, 0.1) is 6.92 Å².